The molecule has 0 unspecified atom stereocenters. The summed E-state index contributed by atoms with van der Waals surface area (Å²) in [6.07, 6.45) is 1.53. The van der Waals surface area contributed by atoms with E-state index in [2.05, 4.69) is 10.1 Å². The second-order valence-corrected chi connectivity index (χ2v) is 6.25. The van der Waals surface area contributed by atoms with Crippen LogP contribution in [-0.2, 0) is 11.3 Å². The first-order chi connectivity index (χ1) is 14.0. The molecule has 4 rings (SSSR count). The Kier molecular flexibility index (Phi) is 4.73. The minimum Gasteiger partial charge on any atom is -0.378 e. The third-order valence-corrected chi connectivity index (χ3v) is 4.44. The van der Waals surface area contributed by atoms with Gasteiger partial charge in [-0.05, 0) is 35.9 Å². The van der Waals surface area contributed by atoms with E-state index < -0.39 is 16.4 Å². The van der Waals surface area contributed by atoms with Crippen LogP contribution < -0.4 is 0 Å². The van der Waals surface area contributed by atoms with Crippen LogP contribution in [0, 0.1) is 21.7 Å². The lowest BCUT2D eigenvalue weighted by Gasteiger charge is -2.06. The van der Waals surface area contributed by atoms with Crippen LogP contribution in [0.1, 0.15) is 5.69 Å². The van der Waals surface area contributed by atoms with Crippen molar-refractivity contribution in [2.75, 3.05) is 7.11 Å². The number of fused-ring (bicyclic) bond motifs is 1. The zero-order valence-corrected chi connectivity index (χ0v) is 15.2. The highest BCUT2D eigenvalue weighted by molar-refractivity contribution is 5.81. The molecule has 0 fully saturated rings. The molecule has 2 heterocycles. The number of methoxy groups -OCH3 is 1. The molecule has 2 aromatic heterocycles. The van der Waals surface area contributed by atoms with E-state index in [0.29, 0.717) is 33.7 Å². The van der Waals surface area contributed by atoms with Gasteiger partial charge in [-0.2, -0.15) is 9.49 Å². The molecule has 29 heavy (non-hydrogen) atoms. The standard InChI is InChI=1S/C20H14F2N4O3/c1-29-11-16-19(12-2-5-14(21)6-3-12)20-23-9-8-17(25(20)24-16)13-4-7-15(22)18(10-13)26(27)28/h2-10H,11H2,1H3. The van der Waals surface area contributed by atoms with E-state index in [4.69, 9.17) is 4.74 Å². The van der Waals surface area contributed by atoms with Gasteiger partial charge in [0.1, 0.15) is 5.82 Å². The Labute approximate surface area is 163 Å². The van der Waals surface area contributed by atoms with Crippen LogP contribution in [0.4, 0.5) is 14.5 Å². The fourth-order valence-electron chi connectivity index (χ4n) is 3.17. The summed E-state index contributed by atoms with van der Waals surface area (Å²) in [5.74, 6) is -1.29. The maximum absolute atomic E-state index is 13.7. The van der Waals surface area contributed by atoms with Gasteiger partial charge in [0.15, 0.2) is 5.65 Å². The van der Waals surface area contributed by atoms with Gasteiger partial charge in [-0.3, -0.25) is 10.1 Å². The molecule has 0 spiro atoms. The van der Waals surface area contributed by atoms with E-state index in [9.17, 15) is 18.9 Å². The van der Waals surface area contributed by atoms with Crippen molar-refractivity contribution < 1.29 is 18.4 Å². The lowest BCUT2D eigenvalue weighted by atomic mass is 10.1. The maximum atomic E-state index is 13.7. The number of benzene rings is 2. The van der Waals surface area contributed by atoms with E-state index >= 15 is 0 Å². The highest BCUT2D eigenvalue weighted by atomic mass is 19.1. The first kappa shape index (κ1) is 18.6. The van der Waals surface area contributed by atoms with Crippen molar-refractivity contribution in [3.63, 3.8) is 0 Å². The molecule has 0 saturated carbocycles. The van der Waals surface area contributed by atoms with Crippen molar-refractivity contribution in [3.8, 4) is 22.4 Å². The van der Waals surface area contributed by atoms with Crippen LogP contribution >= 0.6 is 0 Å². The summed E-state index contributed by atoms with van der Waals surface area (Å²) in [4.78, 5) is 14.7. The number of aromatic nitrogens is 3. The smallest absolute Gasteiger partial charge is 0.305 e. The normalized spacial score (nSPS) is 11.1. The summed E-state index contributed by atoms with van der Waals surface area (Å²) in [6, 6.07) is 11.2. The lowest BCUT2D eigenvalue weighted by molar-refractivity contribution is -0.387. The fraction of sp³-hybridized carbons (Fsp3) is 0.100. The van der Waals surface area contributed by atoms with Crippen LogP contribution in [0.25, 0.3) is 28.0 Å². The predicted octanol–water partition coefficient (Wildman–Crippen LogP) is 4.40. The van der Waals surface area contributed by atoms with E-state index in [1.54, 1.807) is 18.2 Å². The molecule has 0 aliphatic carbocycles. The topological polar surface area (TPSA) is 82.6 Å². The molecule has 0 radical (unpaired) electrons. The minimum atomic E-state index is -0.920. The first-order valence-electron chi connectivity index (χ1n) is 8.55. The molecule has 0 bridgehead atoms. The lowest BCUT2D eigenvalue weighted by Crippen LogP contribution is -1.98. The zero-order chi connectivity index (χ0) is 20.5. The van der Waals surface area contributed by atoms with Crippen molar-refractivity contribution in [1.29, 1.82) is 0 Å². The van der Waals surface area contributed by atoms with Gasteiger partial charge in [0.2, 0.25) is 5.82 Å². The van der Waals surface area contributed by atoms with E-state index in [1.807, 2.05) is 0 Å². The van der Waals surface area contributed by atoms with Crippen molar-refractivity contribution in [3.05, 3.63) is 82.2 Å². The Hall–Kier alpha value is -3.72. The highest BCUT2D eigenvalue weighted by Gasteiger charge is 2.20. The summed E-state index contributed by atoms with van der Waals surface area (Å²) in [5.41, 5.74) is 2.65. The summed E-state index contributed by atoms with van der Waals surface area (Å²) in [7, 11) is 1.52. The van der Waals surface area contributed by atoms with Gasteiger partial charge < -0.3 is 4.74 Å². The Morgan fingerprint density at radius 2 is 1.83 bits per heavy atom. The third kappa shape index (κ3) is 3.32. The van der Waals surface area contributed by atoms with Crippen LogP contribution in [0.3, 0.4) is 0 Å². The van der Waals surface area contributed by atoms with E-state index in [0.717, 1.165) is 12.1 Å². The van der Waals surface area contributed by atoms with Gasteiger partial charge >= 0.3 is 5.69 Å². The fourth-order valence-corrected chi connectivity index (χ4v) is 3.17. The van der Waals surface area contributed by atoms with Gasteiger partial charge in [0.05, 0.1) is 28.5 Å². The number of nitro benzene ring substituents is 1. The molecular formula is C20H14F2N4O3. The van der Waals surface area contributed by atoms with Crippen LogP contribution in [-0.4, -0.2) is 26.6 Å². The second kappa shape index (κ2) is 7.36. The van der Waals surface area contributed by atoms with Crippen molar-refractivity contribution >= 4 is 11.3 Å². The molecule has 146 valence electrons. The van der Waals surface area contributed by atoms with Gasteiger partial charge in [-0.25, -0.2) is 13.9 Å². The molecule has 0 N–H and O–H groups in total. The molecule has 4 aromatic rings. The van der Waals surface area contributed by atoms with Crippen molar-refractivity contribution in [2.24, 2.45) is 0 Å². The van der Waals surface area contributed by atoms with Crippen LogP contribution in [0.15, 0.2) is 54.7 Å². The summed E-state index contributed by atoms with van der Waals surface area (Å²) in [6.45, 7) is 0.180. The molecule has 9 heteroatoms. The van der Waals surface area contributed by atoms with Crippen molar-refractivity contribution in [1.82, 2.24) is 14.6 Å². The molecular weight excluding hydrogens is 382 g/mol. The molecule has 0 atom stereocenters. The van der Waals surface area contributed by atoms with Gasteiger partial charge in [-0.15, -0.1) is 0 Å². The maximum Gasteiger partial charge on any atom is 0.305 e. The monoisotopic (exact) mass is 396 g/mol. The third-order valence-electron chi connectivity index (χ3n) is 4.44. The number of halogens is 2. The van der Waals surface area contributed by atoms with Crippen LogP contribution in [0.5, 0.6) is 0 Å². The average Bonchev–Trinajstić information content (AvgIpc) is 3.07. The Morgan fingerprint density at radius 3 is 2.52 bits per heavy atom. The van der Waals surface area contributed by atoms with Crippen LogP contribution in [0.2, 0.25) is 0 Å². The summed E-state index contributed by atoms with van der Waals surface area (Å²) < 4.78 is 33.9. The summed E-state index contributed by atoms with van der Waals surface area (Å²) >= 11 is 0. The SMILES string of the molecule is COCc1nn2c(-c3ccc(F)c([N+](=O)[O-])c3)ccnc2c1-c1ccc(F)cc1. The van der Waals surface area contributed by atoms with Gasteiger partial charge in [-0.1, -0.05) is 12.1 Å². The van der Waals surface area contributed by atoms with Gasteiger partial charge in [0.25, 0.3) is 0 Å². The second-order valence-electron chi connectivity index (χ2n) is 6.25. The zero-order valence-electron chi connectivity index (χ0n) is 15.2. The predicted molar refractivity (Wildman–Crippen MR) is 101 cm³/mol. The molecule has 0 amide bonds. The number of nitro groups is 1. The quantitative estimate of drug-likeness (QED) is 0.369. The van der Waals surface area contributed by atoms with E-state index in [-0.39, 0.29) is 12.4 Å². The Bertz CT molecular complexity index is 1220. The number of nitrogens with zero attached hydrogens (tertiary/aromatic N) is 4. The molecule has 0 saturated heterocycles. The number of hydrogen-bond donors (Lipinski definition) is 0. The number of ether oxygens (including phenoxy) is 1. The largest absolute Gasteiger partial charge is 0.378 e. The number of hydrogen-bond acceptors (Lipinski definition) is 5. The average molecular weight is 396 g/mol. The molecule has 2 aromatic carbocycles. The Balaban J connectivity index is 1.97. The molecule has 0 aliphatic heterocycles. The highest BCUT2D eigenvalue weighted by Crippen LogP contribution is 2.32. The van der Waals surface area contributed by atoms with Crippen molar-refractivity contribution in [2.45, 2.75) is 6.61 Å². The summed E-state index contributed by atoms with van der Waals surface area (Å²) in [5, 5.41) is 15.7. The number of rotatable bonds is 5. The van der Waals surface area contributed by atoms with Gasteiger partial charge in [0, 0.05) is 24.9 Å². The molecule has 0 aliphatic rings. The molecule has 7 nitrogen and oxygen atoms in total. The van der Waals surface area contributed by atoms with E-state index in [1.165, 1.54) is 36.0 Å². The Morgan fingerprint density at radius 1 is 1.10 bits per heavy atom. The minimum absolute atomic E-state index is 0.180. The first-order valence-corrected chi connectivity index (χ1v) is 8.55.